The standard InChI is InChI=1S/C11H20N2O4/c1-3-17-11(16)9-7-12-4-5-13(9)8(2)6-10(14)15/h8-9,12H,3-7H2,1-2H3,(H,14,15). The van der Waals surface area contributed by atoms with Gasteiger partial charge in [0, 0.05) is 25.7 Å². The van der Waals surface area contributed by atoms with Crippen LogP contribution in [0.2, 0.25) is 0 Å². The summed E-state index contributed by atoms with van der Waals surface area (Å²) >= 11 is 0. The normalized spacial score (nSPS) is 23.1. The first-order valence-corrected chi connectivity index (χ1v) is 5.91. The maximum atomic E-state index is 11.7. The van der Waals surface area contributed by atoms with Gasteiger partial charge < -0.3 is 15.2 Å². The number of carboxylic acid groups (broad SMARTS) is 1. The number of nitrogens with one attached hydrogen (secondary N) is 1. The fourth-order valence-corrected chi connectivity index (χ4v) is 2.07. The molecule has 0 aromatic rings. The second kappa shape index (κ2) is 6.56. The molecular weight excluding hydrogens is 224 g/mol. The van der Waals surface area contributed by atoms with Gasteiger partial charge in [0.1, 0.15) is 6.04 Å². The molecule has 0 saturated carbocycles. The van der Waals surface area contributed by atoms with Crippen molar-refractivity contribution in [2.75, 3.05) is 26.2 Å². The molecule has 2 N–H and O–H groups in total. The van der Waals surface area contributed by atoms with E-state index in [4.69, 9.17) is 9.84 Å². The fourth-order valence-electron chi connectivity index (χ4n) is 2.07. The Morgan fingerprint density at radius 1 is 1.59 bits per heavy atom. The molecule has 98 valence electrons. The van der Waals surface area contributed by atoms with Gasteiger partial charge in [-0.05, 0) is 13.8 Å². The van der Waals surface area contributed by atoms with Crippen LogP contribution in [-0.4, -0.2) is 60.3 Å². The van der Waals surface area contributed by atoms with Crippen molar-refractivity contribution >= 4 is 11.9 Å². The van der Waals surface area contributed by atoms with Crippen molar-refractivity contribution in [3.8, 4) is 0 Å². The molecule has 6 nitrogen and oxygen atoms in total. The summed E-state index contributed by atoms with van der Waals surface area (Å²) in [4.78, 5) is 24.3. The quantitative estimate of drug-likeness (QED) is 0.646. The molecule has 0 aromatic heterocycles. The maximum absolute atomic E-state index is 11.7. The summed E-state index contributed by atoms with van der Waals surface area (Å²) in [6.45, 7) is 5.88. The van der Waals surface area contributed by atoms with E-state index in [-0.39, 0.29) is 24.5 Å². The van der Waals surface area contributed by atoms with Gasteiger partial charge in [-0.2, -0.15) is 0 Å². The van der Waals surface area contributed by atoms with Crippen molar-refractivity contribution in [1.29, 1.82) is 0 Å². The maximum Gasteiger partial charge on any atom is 0.324 e. The van der Waals surface area contributed by atoms with Gasteiger partial charge in [0.05, 0.1) is 13.0 Å². The van der Waals surface area contributed by atoms with Crippen LogP contribution in [0.4, 0.5) is 0 Å². The number of rotatable bonds is 5. The van der Waals surface area contributed by atoms with Crippen molar-refractivity contribution in [2.24, 2.45) is 0 Å². The van der Waals surface area contributed by atoms with Crippen LogP contribution in [0.1, 0.15) is 20.3 Å². The average molecular weight is 244 g/mol. The summed E-state index contributed by atoms with van der Waals surface area (Å²) in [5.41, 5.74) is 0. The van der Waals surface area contributed by atoms with Crippen LogP contribution in [0, 0.1) is 0 Å². The average Bonchev–Trinajstić information content (AvgIpc) is 2.28. The Balaban J connectivity index is 2.64. The number of hydrogen-bond donors (Lipinski definition) is 2. The molecule has 0 radical (unpaired) electrons. The Labute approximate surface area is 101 Å². The van der Waals surface area contributed by atoms with Gasteiger partial charge in [-0.15, -0.1) is 0 Å². The van der Waals surface area contributed by atoms with Gasteiger partial charge in [0.15, 0.2) is 0 Å². The van der Waals surface area contributed by atoms with E-state index in [1.807, 2.05) is 11.8 Å². The highest BCUT2D eigenvalue weighted by atomic mass is 16.5. The van der Waals surface area contributed by atoms with Crippen molar-refractivity contribution in [2.45, 2.75) is 32.4 Å². The molecule has 1 aliphatic heterocycles. The van der Waals surface area contributed by atoms with Crippen LogP contribution in [0.25, 0.3) is 0 Å². The van der Waals surface area contributed by atoms with E-state index in [2.05, 4.69) is 5.32 Å². The first-order chi connectivity index (χ1) is 8.06. The molecule has 6 heteroatoms. The largest absolute Gasteiger partial charge is 0.481 e. The molecule has 0 aromatic carbocycles. The first-order valence-electron chi connectivity index (χ1n) is 5.91. The number of piperazine rings is 1. The third-order valence-corrected chi connectivity index (χ3v) is 2.88. The number of hydrogen-bond acceptors (Lipinski definition) is 5. The van der Waals surface area contributed by atoms with Crippen molar-refractivity contribution in [1.82, 2.24) is 10.2 Å². The zero-order valence-corrected chi connectivity index (χ0v) is 10.3. The minimum atomic E-state index is -0.848. The van der Waals surface area contributed by atoms with Gasteiger partial charge in [-0.3, -0.25) is 14.5 Å². The summed E-state index contributed by atoms with van der Waals surface area (Å²) in [5, 5.41) is 11.9. The summed E-state index contributed by atoms with van der Waals surface area (Å²) in [6.07, 6.45) is 0.0376. The van der Waals surface area contributed by atoms with Crippen LogP contribution in [0.15, 0.2) is 0 Å². The molecule has 0 aliphatic carbocycles. The van der Waals surface area contributed by atoms with Crippen molar-refractivity contribution in [3.63, 3.8) is 0 Å². The SMILES string of the molecule is CCOC(=O)C1CNCCN1C(C)CC(=O)O. The van der Waals surface area contributed by atoms with Gasteiger partial charge in [0.25, 0.3) is 0 Å². The molecule has 2 atom stereocenters. The molecule has 1 heterocycles. The van der Waals surface area contributed by atoms with Crippen LogP contribution in [0.5, 0.6) is 0 Å². The smallest absolute Gasteiger partial charge is 0.324 e. The lowest BCUT2D eigenvalue weighted by Crippen LogP contribution is -2.58. The predicted molar refractivity (Wildman–Crippen MR) is 61.7 cm³/mol. The van der Waals surface area contributed by atoms with Crippen LogP contribution < -0.4 is 5.32 Å². The Bertz CT molecular complexity index is 283. The molecule has 1 saturated heterocycles. The number of carboxylic acids is 1. The van der Waals surface area contributed by atoms with E-state index in [9.17, 15) is 9.59 Å². The van der Waals surface area contributed by atoms with Crippen molar-refractivity contribution in [3.05, 3.63) is 0 Å². The molecule has 2 unspecified atom stereocenters. The first kappa shape index (κ1) is 13.9. The Morgan fingerprint density at radius 2 is 2.29 bits per heavy atom. The third kappa shape index (κ3) is 3.98. The van der Waals surface area contributed by atoms with Crippen LogP contribution in [0.3, 0.4) is 0 Å². The molecule has 1 rings (SSSR count). The number of aliphatic carboxylic acids is 1. The molecular formula is C11H20N2O4. The van der Waals surface area contributed by atoms with Gasteiger partial charge in [-0.1, -0.05) is 0 Å². The lowest BCUT2D eigenvalue weighted by atomic mass is 10.1. The second-order valence-electron chi connectivity index (χ2n) is 4.16. The summed E-state index contributed by atoms with van der Waals surface area (Å²) < 4.78 is 5.00. The Morgan fingerprint density at radius 3 is 2.88 bits per heavy atom. The lowest BCUT2D eigenvalue weighted by Gasteiger charge is -2.38. The Hall–Kier alpha value is -1.14. The van der Waals surface area contributed by atoms with E-state index in [1.54, 1.807) is 6.92 Å². The van der Waals surface area contributed by atoms with Crippen molar-refractivity contribution < 1.29 is 19.4 Å². The van der Waals surface area contributed by atoms with Gasteiger partial charge in [-0.25, -0.2) is 0 Å². The highest BCUT2D eigenvalue weighted by molar-refractivity contribution is 5.76. The topological polar surface area (TPSA) is 78.9 Å². The van der Waals surface area contributed by atoms with E-state index in [0.717, 1.165) is 6.54 Å². The summed E-state index contributed by atoms with van der Waals surface area (Å²) in [7, 11) is 0. The molecule has 0 spiro atoms. The minimum absolute atomic E-state index is 0.0376. The molecule has 0 amide bonds. The second-order valence-corrected chi connectivity index (χ2v) is 4.16. The summed E-state index contributed by atoms with van der Waals surface area (Å²) in [5.74, 6) is -1.13. The van der Waals surface area contributed by atoms with Crippen LogP contribution >= 0.6 is 0 Å². The fraction of sp³-hybridized carbons (Fsp3) is 0.818. The number of ether oxygens (including phenoxy) is 1. The zero-order valence-electron chi connectivity index (χ0n) is 10.3. The number of nitrogens with zero attached hydrogens (tertiary/aromatic N) is 1. The Kier molecular flexibility index (Phi) is 5.37. The highest BCUT2D eigenvalue weighted by Crippen LogP contribution is 2.12. The number of esters is 1. The predicted octanol–water partition coefficient (Wildman–Crippen LogP) is -0.313. The van der Waals surface area contributed by atoms with Gasteiger partial charge in [0.2, 0.25) is 0 Å². The lowest BCUT2D eigenvalue weighted by molar-refractivity contribution is -0.152. The van der Waals surface area contributed by atoms with E-state index in [0.29, 0.717) is 19.7 Å². The van der Waals surface area contributed by atoms with E-state index >= 15 is 0 Å². The molecule has 0 bridgehead atoms. The third-order valence-electron chi connectivity index (χ3n) is 2.88. The van der Waals surface area contributed by atoms with E-state index < -0.39 is 5.97 Å². The van der Waals surface area contributed by atoms with Gasteiger partial charge >= 0.3 is 11.9 Å². The minimum Gasteiger partial charge on any atom is -0.481 e. The highest BCUT2D eigenvalue weighted by Gasteiger charge is 2.33. The number of carbonyl (C=O) groups excluding carboxylic acids is 1. The number of carbonyl (C=O) groups is 2. The molecule has 1 aliphatic rings. The van der Waals surface area contributed by atoms with E-state index in [1.165, 1.54) is 0 Å². The molecule has 1 fully saturated rings. The monoisotopic (exact) mass is 244 g/mol. The summed E-state index contributed by atoms with van der Waals surface area (Å²) in [6, 6.07) is -0.540. The van der Waals surface area contributed by atoms with Crippen LogP contribution in [-0.2, 0) is 14.3 Å². The molecule has 17 heavy (non-hydrogen) atoms. The zero-order chi connectivity index (χ0) is 12.8.